The second-order valence-corrected chi connectivity index (χ2v) is 3.54. The maximum absolute atomic E-state index is 10.6. The number of para-hydroxylation sites is 1. The van der Waals surface area contributed by atoms with Gasteiger partial charge in [0.05, 0.1) is 5.69 Å². The smallest absolute Gasteiger partial charge is 0.490 e. The number of halogens is 3. The number of phenols is 1. The maximum Gasteiger partial charge on any atom is 0.490 e. The lowest BCUT2D eigenvalue weighted by Crippen LogP contribution is -2.21. The van der Waals surface area contributed by atoms with Gasteiger partial charge in [0.25, 0.3) is 0 Å². The summed E-state index contributed by atoms with van der Waals surface area (Å²) in [5.74, 6) is -2.49. The van der Waals surface area contributed by atoms with E-state index in [-0.39, 0.29) is 5.75 Å². The van der Waals surface area contributed by atoms with Crippen molar-refractivity contribution in [3.05, 3.63) is 48.7 Å². The molecule has 0 amide bonds. The number of aliphatic carboxylic acids is 1. The molecule has 0 saturated carbocycles. The van der Waals surface area contributed by atoms with Crippen molar-refractivity contribution in [2.24, 2.45) is 0 Å². The molecule has 0 aliphatic heterocycles. The number of pyridine rings is 1. The van der Waals surface area contributed by atoms with Gasteiger partial charge < -0.3 is 10.2 Å². The molecule has 2 aromatic rings. The minimum atomic E-state index is -5.08. The van der Waals surface area contributed by atoms with E-state index in [0.29, 0.717) is 0 Å². The summed E-state index contributed by atoms with van der Waals surface area (Å²) in [6.07, 6.45) is -3.37. The Morgan fingerprint density at radius 3 is 2.05 bits per heavy atom. The predicted molar refractivity (Wildman–Crippen MR) is 65.0 cm³/mol. The Morgan fingerprint density at radius 2 is 1.60 bits per heavy atom. The van der Waals surface area contributed by atoms with Crippen LogP contribution in [0.3, 0.4) is 0 Å². The summed E-state index contributed by atoms with van der Waals surface area (Å²) in [5, 5.41) is 16.6. The first kappa shape index (κ1) is 15.5. The van der Waals surface area contributed by atoms with Crippen LogP contribution < -0.4 is 0 Å². The largest absolute Gasteiger partial charge is 0.507 e. The normalized spacial score (nSPS) is 10.3. The number of phenolic OH excluding ortho intramolecular Hbond substituents is 1. The van der Waals surface area contributed by atoms with Crippen LogP contribution in [0.2, 0.25) is 0 Å². The summed E-state index contributed by atoms with van der Waals surface area (Å²) in [6.45, 7) is 0. The molecular weight excluding hydrogens is 275 g/mol. The van der Waals surface area contributed by atoms with Crippen LogP contribution in [-0.4, -0.2) is 27.3 Å². The Bertz CT molecular complexity index is 571. The van der Waals surface area contributed by atoms with Gasteiger partial charge in [0.1, 0.15) is 5.75 Å². The van der Waals surface area contributed by atoms with Crippen molar-refractivity contribution >= 4 is 5.97 Å². The molecule has 2 N–H and O–H groups in total. The number of carboxylic acids is 1. The van der Waals surface area contributed by atoms with Gasteiger partial charge in [0.15, 0.2) is 0 Å². The zero-order valence-electron chi connectivity index (χ0n) is 10.0. The molecule has 20 heavy (non-hydrogen) atoms. The number of alkyl halides is 3. The van der Waals surface area contributed by atoms with Gasteiger partial charge in [-0.25, -0.2) is 4.79 Å². The van der Waals surface area contributed by atoms with Crippen molar-refractivity contribution in [3.8, 4) is 17.0 Å². The van der Waals surface area contributed by atoms with E-state index in [0.717, 1.165) is 11.3 Å². The number of carboxylic acid groups (broad SMARTS) is 1. The van der Waals surface area contributed by atoms with Crippen molar-refractivity contribution in [2.45, 2.75) is 6.18 Å². The fourth-order valence-electron chi connectivity index (χ4n) is 1.21. The number of hydrogen-bond donors (Lipinski definition) is 2. The second kappa shape index (κ2) is 6.55. The van der Waals surface area contributed by atoms with Crippen LogP contribution in [0.5, 0.6) is 5.75 Å². The summed E-state index contributed by atoms with van der Waals surface area (Å²) in [4.78, 5) is 13.0. The molecule has 0 bridgehead atoms. The lowest BCUT2D eigenvalue weighted by atomic mass is 10.1. The van der Waals surface area contributed by atoms with E-state index in [1.807, 2.05) is 30.3 Å². The van der Waals surface area contributed by atoms with Gasteiger partial charge in [0, 0.05) is 11.8 Å². The molecule has 7 heteroatoms. The first-order chi connectivity index (χ1) is 9.32. The third-order valence-electron chi connectivity index (χ3n) is 2.09. The van der Waals surface area contributed by atoms with E-state index < -0.39 is 12.1 Å². The molecule has 0 fully saturated rings. The molecule has 1 aromatic heterocycles. The highest BCUT2D eigenvalue weighted by Crippen LogP contribution is 2.26. The van der Waals surface area contributed by atoms with Gasteiger partial charge in [0.2, 0.25) is 0 Å². The minimum Gasteiger partial charge on any atom is -0.507 e. The number of rotatable bonds is 1. The van der Waals surface area contributed by atoms with E-state index in [4.69, 9.17) is 9.90 Å². The van der Waals surface area contributed by atoms with E-state index in [1.54, 1.807) is 18.3 Å². The maximum atomic E-state index is 10.6. The number of carbonyl (C=O) groups is 1. The highest BCUT2D eigenvalue weighted by atomic mass is 19.4. The Morgan fingerprint density at radius 1 is 1.05 bits per heavy atom. The summed E-state index contributed by atoms with van der Waals surface area (Å²) in [6, 6.07) is 12.8. The van der Waals surface area contributed by atoms with Crippen LogP contribution in [0.15, 0.2) is 48.7 Å². The fraction of sp³-hybridized carbons (Fsp3) is 0.0769. The van der Waals surface area contributed by atoms with E-state index in [9.17, 15) is 18.3 Å². The SMILES string of the molecule is O=C(O)C(F)(F)F.Oc1ccccc1-c1ccccn1. The lowest BCUT2D eigenvalue weighted by Gasteiger charge is -2.01. The molecule has 0 aliphatic rings. The summed E-state index contributed by atoms with van der Waals surface area (Å²) in [7, 11) is 0. The monoisotopic (exact) mass is 285 g/mol. The van der Waals surface area contributed by atoms with Crippen LogP contribution in [0, 0.1) is 0 Å². The van der Waals surface area contributed by atoms with Crippen molar-refractivity contribution in [1.82, 2.24) is 4.98 Å². The Balaban J connectivity index is 0.000000246. The molecule has 106 valence electrons. The summed E-state index contributed by atoms with van der Waals surface area (Å²) in [5.41, 5.74) is 1.56. The van der Waals surface area contributed by atoms with Crippen molar-refractivity contribution in [2.75, 3.05) is 0 Å². The third-order valence-corrected chi connectivity index (χ3v) is 2.09. The zero-order chi connectivity index (χ0) is 15.2. The van der Waals surface area contributed by atoms with Gasteiger partial charge >= 0.3 is 12.1 Å². The van der Waals surface area contributed by atoms with Crippen molar-refractivity contribution in [3.63, 3.8) is 0 Å². The number of nitrogens with zero attached hydrogens (tertiary/aromatic N) is 1. The van der Waals surface area contributed by atoms with Gasteiger partial charge in [-0.1, -0.05) is 18.2 Å². The quantitative estimate of drug-likeness (QED) is 0.844. The predicted octanol–water partition coefficient (Wildman–Crippen LogP) is 3.09. The van der Waals surface area contributed by atoms with Crippen molar-refractivity contribution < 1.29 is 28.2 Å². The second-order valence-electron chi connectivity index (χ2n) is 3.54. The van der Waals surface area contributed by atoms with Crippen LogP contribution in [0.25, 0.3) is 11.3 Å². The molecule has 0 unspecified atom stereocenters. The molecule has 1 heterocycles. The Hall–Kier alpha value is -2.57. The summed E-state index contributed by atoms with van der Waals surface area (Å²) >= 11 is 0. The van der Waals surface area contributed by atoms with Crippen molar-refractivity contribution in [1.29, 1.82) is 0 Å². The molecule has 0 aliphatic carbocycles. The summed E-state index contributed by atoms with van der Waals surface area (Å²) < 4.78 is 31.7. The molecular formula is C13H10F3NO3. The number of hydrogen-bond acceptors (Lipinski definition) is 3. The highest BCUT2D eigenvalue weighted by molar-refractivity contribution is 5.73. The average Bonchev–Trinajstić information content (AvgIpc) is 2.40. The van der Waals surface area contributed by atoms with Crippen LogP contribution >= 0.6 is 0 Å². The number of aromatic nitrogens is 1. The van der Waals surface area contributed by atoms with Gasteiger partial charge in [-0.2, -0.15) is 13.2 Å². The number of benzene rings is 1. The van der Waals surface area contributed by atoms with Gasteiger partial charge in [-0.05, 0) is 24.3 Å². The topological polar surface area (TPSA) is 70.4 Å². The Labute approximate surface area is 112 Å². The van der Waals surface area contributed by atoms with E-state index >= 15 is 0 Å². The van der Waals surface area contributed by atoms with E-state index in [1.165, 1.54) is 0 Å². The minimum absolute atomic E-state index is 0.265. The van der Waals surface area contributed by atoms with Gasteiger partial charge in [-0.15, -0.1) is 0 Å². The van der Waals surface area contributed by atoms with Crippen LogP contribution in [0.4, 0.5) is 13.2 Å². The molecule has 0 saturated heterocycles. The van der Waals surface area contributed by atoms with Crippen LogP contribution in [0.1, 0.15) is 0 Å². The third kappa shape index (κ3) is 4.60. The van der Waals surface area contributed by atoms with Gasteiger partial charge in [-0.3, -0.25) is 4.98 Å². The first-order valence-electron chi connectivity index (χ1n) is 5.32. The molecule has 0 spiro atoms. The number of aromatic hydroxyl groups is 1. The molecule has 1 aromatic carbocycles. The lowest BCUT2D eigenvalue weighted by molar-refractivity contribution is -0.192. The van der Waals surface area contributed by atoms with E-state index in [2.05, 4.69) is 4.98 Å². The first-order valence-corrected chi connectivity index (χ1v) is 5.32. The molecule has 4 nitrogen and oxygen atoms in total. The van der Waals surface area contributed by atoms with Crippen LogP contribution in [-0.2, 0) is 4.79 Å². The average molecular weight is 285 g/mol. The highest BCUT2D eigenvalue weighted by Gasteiger charge is 2.38. The fourth-order valence-corrected chi connectivity index (χ4v) is 1.21. The standard InChI is InChI=1S/C11H9NO.C2HF3O2/c13-11-7-2-1-5-9(11)10-6-3-4-8-12-10;3-2(4,5)1(6)7/h1-8,13H;(H,6,7). The molecule has 2 rings (SSSR count). The Kier molecular flexibility index (Phi) is 5.08. The molecule has 0 atom stereocenters. The zero-order valence-corrected chi connectivity index (χ0v) is 10.0. The molecule has 0 radical (unpaired) electrons.